The number of aryl methyl sites for hydroxylation is 1. The lowest BCUT2D eigenvalue weighted by Crippen LogP contribution is -2.44. The number of nitrogens with one attached hydrogen (secondary N) is 1. The van der Waals surface area contributed by atoms with E-state index < -0.39 is 0 Å². The molecule has 2 aromatic carbocycles. The zero-order chi connectivity index (χ0) is 19.8. The fourth-order valence-corrected chi connectivity index (χ4v) is 3.13. The fraction of sp³-hybridized carbons (Fsp3) is 0.409. The van der Waals surface area contributed by atoms with Crippen LogP contribution in [-0.4, -0.2) is 57.4 Å². The van der Waals surface area contributed by atoms with Crippen molar-refractivity contribution in [3.63, 3.8) is 0 Å². The molecule has 1 saturated heterocycles. The summed E-state index contributed by atoms with van der Waals surface area (Å²) in [4.78, 5) is 14.8. The zero-order valence-corrected chi connectivity index (χ0v) is 16.5. The van der Waals surface area contributed by atoms with Crippen molar-refractivity contribution in [3.05, 3.63) is 59.7 Å². The molecule has 0 bridgehead atoms. The first-order valence-electron chi connectivity index (χ1n) is 9.57. The molecular formula is C22H28N2O4. The molecule has 0 spiro atoms. The molecule has 1 heterocycles. The van der Waals surface area contributed by atoms with Crippen LogP contribution in [0.4, 0.5) is 0 Å². The Morgan fingerprint density at radius 3 is 2.36 bits per heavy atom. The molecule has 0 aromatic heterocycles. The van der Waals surface area contributed by atoms with Crippen molar-refractivity contribution in [3.8, 4) is 11.5 Å². The smallest absolute Gasteiger partial charge is 0.258 e. The lowest BCUT2D eigenvalue weighted by Gasteiger charge is -2.31. The number of carbonyl (C=O) groups excluding carboxylic acids is 1. The summed E-state index contributed by atoms with van der Waals surface area (Å²) in [5, 5.41) is 3.12. The Bertz CT molecular complexity index is 740. The summed E-state index contributed by atoms with van der Waals surface area (Å²) >= 11 is 0. The SMILES string of the molecule is COc1ccc(OCC(=O)N[C@H](CN2CCOCC2)c2ccc(C)cc2)cc1. The number of methoxy groups -OCH3 is 1. The first-order valence-corrected chi connectivity index (χ1v) is 9.57. The minimum Gasteiger partial charge on any atom is -0.497 e. The van der Waals surface area contributed by atoms with Crippen LogP contribution in [0.15, 0.2) is 48.5 Å². The summed E-state index contributed by atoms with van der Waals surface area (Å²) in [7, 11) is 1.61. The highest BCUT2D eigenvalue weighted by molar-refractivity contribution is 5.78. The molecule has 0 unspecified atom stereocenters. The Balaban J connectivity index is 1.60. The van der Waals surface area contributed by atoms with E-state index in [1.807, 2.05) is 0 Å². The van der Waals surface area contributed by atoms with E-state index in [2.05, 4.69) is 41.4 Å². The highest BCUT2D eigenvalue weighted by atomic mass is 16.5. The largest absolute Gasteiger partial charge is 0.497 e. The molecule has 2 aromatic rings. The lowest BCUT2D eigenvalue weighted by molar-refractivity contribution is -0.124. The van der Waals surface area contributed by atoms with E-state index in [-0.39, 0.29) is 18.6 Å². The van der Waals surface area contributed by atoms with Crippen LogP contribution >= 0.6 is 0 Å². The zero-order valence-electron chi connectivity index (χ0n) is 16.5. The summed E-state index contributed by atoms with van der Waals surface area (Å²) in [5.41, 5.74) is 2.29. The summed E-state index contributed by atoms with van der Waals surface area (Å²) in [6.07, 6.45) is 0. The first-order chi connectivity index (χ1) is 13.6. The van der Waals surface area contributed by atoms with Crippen LogP contribution in [0.1, 0.15) is 17.2 Å². The van der Waals surface area contributed by atoms with Gasteiger partial charge in [-0.2, -0.15) is 0 Å². The van der Waals surface area contributed by atoms with Gasteiger partial charge >= 0.3 is 0 Å². The topological polar surface area (TPSA) is 60.0 Å². The van der Waals surface area contributed by atoms with Crippen LogP contribution in [0.2, 0.25) is 0 Å². The van der Waals surface area contributed by atoms with E-state index in [0.29, 0.717) is 5.75 Å². The van der Waals surface area contributed by atoms with Gasteiger partial charge in [-0.3, -0.25) is 9.69 Å². The van der Waals surface area contributed by atoms with Crippen LogP contribution in [0.3, 0.4) is 0 Å². The molecule has 1 fully saturated rings. The summed E-state index contributed by atoms with van der Waals surface area (Å²) in [6, 6.07) is 15.4. The number of morpholine rings is 1. The number of nitrogens with zero attached hydrogens (tertiary/aromatic N) is 1. The van der Waals surface area contributed by atoms with E-state index >= 15 is 0 Å². The molecule has 1 aliphatic rings. The van der Waals surface area contributed by atoms with Crippen LogP contribution in [0, 0.1) is 6.92 Å². The molecule has 6 heteroatoms. The van der Waals surface area contributed by atoms with Crippen LogP contribution in [-0.2, 0) is 9.53 Å². The van der Waals surface area contributed by atoms with Gasteiger partial charge in [0.15, 0.2) is 6.61 Å². The Kier molecular flexibility index (Phi) is 7.28. The number of amides is 1. The van der Waals surface area contributed by atoms with Crippen LogP contribution in [0.5, 0.6) is 11.5 Å². The molecule has 1 N–H and O–H groups in total. The van der Waals surface area contributed by atoms with Gasteiger partial charge in [-0.15, -0.1) is 0 Å². The van der Waals surface area contributed by atoms with Gasteiger partial charge in [0.05, 0.1) is 26.4 Å². The van der Waals surface area contributed by atoms with E-state index in [1.165, 1.54) is 5.56 Å². The molecule has 0 saturated carbocycles. The molecule has 28 heavy (non-hydrogen) atoms. The molecule has 0 radical (unpaired) electrons. The van der Waals surface area contributed by atoms with E-state index in [1.54, 1.807) is 31.4 Å². The van der Waals surface area contributed by atoms with Crippen molar-refractivity contribution in [1.29, 1.82) is 0 Å². The van der Waals surface area contributed by atoms with Crippen LogP contribution in [0.25, 0.3) is 0 Å². The third-order valence-electron chi connectivity index (χ3n) is 4.79. The van der Waals surface area contributed by atoms with Gasteiger partial charge in [-0.05, 0) is 36.8 Å². The number of carbonyl (C=O) groups is 1. The van der Waals surface area contributed by atoms with Gasteiger partial charge in [0.25, 0.3) is 5.91 Å². The predicted molar refractivity (Wildman–Crippen MR) is 108 cm³/mol. The first kappa shape index (κ1) is 20.2. The maximum atomic E-state index is 12.5. The van der Waals surface area contributed by atoms with E-state index in [4.69, 9.17) is 14.2 Å². The predicted octanol–water partition coefficient (Wildman–Crippen LogP) is 2.57. The Morgan fingerprint density at radius 2 is 1.71 bits per heavy atom. The average Bonchev–Trinajstić information content (AvgIpc) is 2.73. The third kappa shape index (κ3) is 5.97. The van der Waals surface area contributed by atoms with Gasteiger partial charge in [-0.25, -0.2) is 0 Å². The minimum atomic E-state index is -0.144. The monoisotopic (exact) mass is 384 g/mol. The Morgan fingerprint density at radius 1 is 1.07 bits per heavy atom. The van der Waals surface area contributed by atoms with Gasteiger partial charge in [0.2, 0.25) is 0 Å². The van der Waals surface area contributed by atoms with Crippen molar-refractivity contribution in [2.45, 2.75) is 13.0 Å². The Hall–Kier alpha value is -2.57. The highest BCUT2D eigenvalue weighted by Crippen LogP contribution is 2.18. The second-order valence-electron chi connectivity index (χ2n) is 6.91. The molecule has 0 aliphatic carbocycles. The molecule has 1 aliphatic heterocycles. The summed E-state index contributed by atoms with van der Waals surface area (Å²) < 4.78 is 16.2. The second-order valence-corrected chi connectivity index (χ2v) is 6.91. The van der Waals surface area contributed by atoms with Crippen molar-refractivity contribution in [1.82, 2.24) is 10.2 Å². The lowest BCUT2D eigenvalue weighted by atomic mass is 10.0. The number of ether oxygens (including phenoxy) is 3. The summed E-state index contributed by atoms with van der Waals surface area (Å²) in [5.74, 6) is 1.24. The minimum absolute atomic E-state index is 0.0300. The van der Waals surface area contributed by atoms with Gasteiger partial charge in [0, 0.05) is 19.6 Å². The number of rotatable bonds is 8. The number of benzene rings is 2. The maximum absolute atomic E-state index is 12.5. The molecule has 1 amide bonds. The highest BCUT2D eigenvalue weighted by Gasteiger charge is 2.20. The quantitative estimate of drug-likeness (QED) is 0.758. The van der Waals surface area contributed by atoms with Gasteiger partial charge < -0.3 is 19.5 Å². The molecule has 150 valence electrons. The molecule has 3 rings (SSSR count). The normalized spacial score (nSPS) is 15.6. The standard InChI is InChI=1S/C22H28N2O4/c1-17-3-5-18(6-4-17)21(15-24-11-13-27-14-12-24)23-22(25)16-28-20-9-7-19(26-2)8-10-20/h3-10,21H,11-16H2,1-2H3,(H,23,25)/t21-/m1/s1. The number of hydrogen-bond donors (Lipinski definition) is 1. The number of hydrogen-bond acceptors (Lipinski definition) is 5. The van der Waals surface area contributed by atoms with Crippen molar-refractivity contribution in [2.24, 2.45) is 0 Å². The third-order valence-corrected chi connectivity index (χ3v) is 4.79. The second kappa shape index (κ2) is 10.1. The molecule has 6 nitrogen and oxygen atoms in total. The molecule has 1 atom stereocenters. The van der Waals surface area contributed by atoms with Crippen LogP contribution < -0.4 is 14.8 Å². The van der Waals surface area contributed by atoms with Crippen molar-refractivity contribution in [2.75, 3.05) is 46.6 Å². The van der Waals surface area contributed by atoms with Crippen molar-refractivity contribution < 1.29 is 19.0 Å². The van der Waals surface area contributed by atoms with E-state index in [9.17, 15) is 4.79 Å². The maximum Gasteiger partial charge on any atom is 0.258 e. The van der Waals surface area contributed by atoms with E-state index in [0.717, 1.165) is 44.2 Å². The average molecular weight is 384 g/mol. The molecular weight excluding hydrogens is 356 g/mol. The Labute approximate surface area is 166 Å². The van der Waals surface area contributed by atoms with Crippen molar-refractivity contribution >= 4 is 5.91 Å². The van der Waals surface area contributed by atoms with Gasteiger partial charge in [0.1, 0.15) is 11.5 Å². The summed E-state index contributed by atoms with van der Waals surface area (Å²) in [6.45, 7) is 5.99. The van der Waals surface area contributed by atoms with Gasteiger partial charge in [-0.1, -0.05) is 29.8 Å². The fourth-order valence-electron chi connectivity index (χ4n) is 3.13.